The number of hydrogen-bond acceptors (Lipinski definition) is 3. The molecule has 3 unspecified atom stereocenters. The fourth-order valence-corrected chi connectivity index (χ4v) is 1.25. The van der Waals surface area contributed by atoms with E-state index in [-0.39, 0.29) is 24.7 Å². The van der Waals surface area contributed by atoms with Gasteiger partial charge in [-0.15, -0.1) is 0 Å². The summed E-state index contributed by atoms with van der Waals surface area (Å²) in [7, 11) is 0. The Bertz CT molecular complexity index is 84.1. The average molecular weight is 161 g/mol. The van der Waals surface area contributed by atoms with Crippen LogP contribution in [0.3, 0.4) is 0 Å². The van der Waals surface area contributed by atoms with Gasteiger partial charge in [0.2, 0.25) is 0 Å². The van der Waals surface area contributed by atoms with Gasteiger partial charge < -0.3 is 15.9 Å². The lowest BCUT2D eigenvalue weighted by atomic mass is 9.96. The van der Waals surface area contributed by atoms with Gasteiger partial charge in [-0.05, 0) is 32.6 Å². The molecule has 3 atom stereocenters. The zero-order valence-corrected chi connectivity index (χ0v) is 7.33. The molecule has 0 aromatic heterocycles. The van der Waals surface area contributed by atoms with Crippen molar-refractivity contribution in [2.24, 2.45) is 11.7 Å². The minimum Gasteiger partial charge on any atom is -0.396 e. The summed E-state index contributed by atoms with van der Waals surface area (Å²) in [5, 5.41) is 17.9. The van der Waals surface area contributed by atoms with Crippen molar-refractivity contribution in [3.63, 3.8) is 0 Å². The summed E-state index contributed by atoms with van der Waals surface area (Å²) in [6.45, 7) is 3.75. The second-order valence-electron chi connectivity index (χ2n) is 3.35. The normalized spacial score (nSPS) is 19.4. The third-order valence-electron chi connectivity index (χ3n) is 1.64. The van der Waals surface area contributed by atoms with Gasteiger partial charge in [-0.2, -0.15) is 0 Å². The van der Waals surface area contributed by atoms with Crippen LogP contribution in [0.1, 0.15) is 26.7 Å². The van der Waals surface area contributed by atoms with Crippen molar-refractivity contribution in [1.29, 1.82) is 0 Å². The molecule has 0 radical (unpaired) electrons. The van der Waals surface area contributed by atoms with Crippen LogP contribution in [0, 0.1) is 5.92 Å². The molecule has 4 N–H and O–H groups in total. The van der Waals surface area contributed by atoms with Crippen molar-refractivity contribution in [2.75, 3.05) is 6.61 Å². The molecule has 0 aromatic carbocycles. The highest BCUT2D eigenvalue weighted by Crippen LogP contribution is 2.11. The number of aliphatic hydroxyl groups excluding tert-OH is 2. The van der Waals surface area contributed by atoms with Crippen LogP contribution in [0.2, 0.25) is 0 Å². The minimum absolute atomic E-state index is 0.103. The van der Waals surface area contributed by atoms with Crippen molar-refractivity contribution in [3.8, 4) is 0 Å². The maximum absolute atomic E-state index is 9.01. The molecule has 0 aromatic rings. The highest BCUT2D eigenvalue weighted by Gasteiger charge is 2.12. The lowest BCUT2D eigenvalue weighted by Crippen LogP contribution is -2.24. The van der Waals surface area contributed by atoms with Gasteiger partial charge in [0, 0.05) is 12.6 Å². The van der Waals surface area contributed by atoms with Crippen molar-refractivity contribution >= 4 is 0 Å². The summed E-state index contributed by atoms with van der Waals surface area (Å²) in [6.07, 6.45) is 1.07. The van der Waals surface area contributed by atoms with Crippen molar-refractivity contribution in [2.45, 2.75) is 38.8 Å². The predicted octanol–water partition coefficient (Wildman–Crippen LogP) is 0.103. The molecule has 68 valence electrons. The fraction of sp³-hybridized carbons (Fsp3) is 1.00. The molecule has 0 saturated heterocycles. The Morgan fingerprint density at radius 3 is 2.09 bits per heavy atom. The Hall–Kier alpha value is -0.120. The van der Waals surface area contributed by atoms with Crippen molar-refractivity contribution < 1.29 is 10.2 Å². The summed E-state index contributed by atoms with van der Waals surface area (Å²) in [5.74, 6) is 0.148. The van der Waals surface area contributed by atoms with E-state index in [1.54, 1.807) is 6.92 Å². The lowest BCUT2D eigenvalue weighted by Gasteiger charge is -2.17. The maximum atomic E-state index is 9.01. The first-order valence-corrected chi connectivity index (χ1v) is 4.10. The molecule has 11 heavy (non-hydrogen) atoms. The molecule has 0 fully saturated rings. The monoisotopic (exact) mass is 161 g/mol. The predicted molar refractivity (Wildman–Crippen MR) is 45.1 cm³/mol. The van der Waals surface area contributed by atoms with Crippen LogP contribution >= 0.6 is 0 Å². The van der Waals surface area contributed by atoms with E-state index in [9.17, 15) is 0 Å². The van der Waals surface area contributed by atoms with Gasteiger partial charge in [-0.25, -0.2) is 0 Å². The van der Waals surface area contributed by atoms with Crippen LogP contribution in [0.4, 0.5) is 0 Å². The van der Waals surface area contributed by atoms with E-state index >= 15 is 0 Å². The molecular formula is C8H19NO2. The van der Waals surface area contributed by atoms with E-state index in [2.05, 4.69) is 0 Å². The second-order valence-corrected chi connectivity index (χ2v) is 3.35. The molecule has 3 nitrogen and oxygen atoms in total. The highest BCUT2D eigenvalue weighted by molar-refractivity contribution is 4.66. The number of hydrogen-bond donors (Lipinski definition) is 3. The fourth-order valence-electron chi connectivity index (χ4n) is 1.25. The van der Waals surface area contributed by atoms with Crippen LogP contribution in [0.25, 0.3) is 0 Å². The number of nitrogens with two attached hydrogens (primary N) is 1. The Morgan fingerprint density at radius 1 is 1.27 bits per heavy atom. The summed E-state index contributed by atoms with van der Waals surface area (Å²) in [4.78, 5) is 0. The quantitative estimate of drug-likeness (QED) is 0.536. The van der Waals surface area contributed by atoms with Gasteiger partial charge in [0.25, 0.3) is 0 Å². The van der Waals surface area contributed by atoms with Gasteiger partial charge in [0.15, 0.2) is 0 Å². The Balaban J connectivity index is 3.58. The average Bonchev–Trinajstić information content (AvgIpc) is 1.84. The lowest BCUT2D eigenvalue weighted by molar-refractivity contribution is 0.122. The van der Waals surface area contributed by atoms with Crippen molar-refractivity contribution in [3.05, 3.63) is 0 Å². The molecule has 0 heterocycles. The van der Waals surface area contributed by atoms with E-state index < -0.39 is 0 Å². The van der Waals surface area contributed by atoms with E-state index in [1.807, 2.05) is 6.92 Å². The smallest absolute Gasteiger partial charge is 0.0515 e. The van der Waals surface area contributed by atoms with Gasteiger partial charge in [-0.1, -0.05) is 0 Å². The molecular weight excluding hydrogens is 142 g/mol. The van der Waals surface area contributed by atoms with E-state index in [4.69, 9.17) is 15.9 Å². The second kappa shape index (κ2) is 5.52. The van der Waals surface area contributed by atoms with Crippen LogP contribution in [0.5, 0.6) is 0 Å². The Kier molecular flexibility index (Phi) is 5.46. The molecule has 0 saturated carbocycles. The summed E-state index contributed by atoms with van der Waals surface area (Å²) in [6, 6.07) is 0.103. The van der Waals surface area contributed by atoms with Gasteiger partial charge in [0.1, 0.15) is 0 Å². The zero-order chi connectivity index (χ0) is 8.85. The summed E-state index contributed by atoms with van der Waals surface area (Å²) < 4.78 is 0. The molecule has 0 bridgehead atoms. The first kappa shape index (κ1) is 10.9. The standard InChI is InChI=1S/C8H19NO2/c1-6(9)3-8(5-10)4-7(2)11/h6-8,10-11H,3-5,9H2,1-2H3. The Morgan fingerprint density at radius 2 is 1.82 bits per heavy atom. The summed E-state index contributed by atoms with van der Waals surface area (Å²) in [5.41, 5.74) is 5.55. The number of aliphatic hydroxyl groups is 2. The van der Waals surface area contributed by atoms with E-state index in [1.165, 1.54) is 0 Å². The van der Waals surface area contributed by atoms with Gasteiger partial charge >= 0.3 is 0 Å². The largest absolute Gasteiger partial charge is 0.396 e. The molecule has 0 amide bonds. The molecule has 0 spiro atoms. The highest BCUT2D eigenvalue weighted by atomic mass is 16.3. The SMILES string of the molecule is CC(N)CC(CO)CC(C)O. The molecule has 0 rings (SSSR count). The van der Waals surface area contributed by atoms with Crippen LogP contribution in [-0.2, 0) is 0 Å². The zero-order valence-electron chi connectivity index (χ0n) is 7.33. The van der Waals surface area contributed by atoms with E-state index in [0.717, 1.165) is 6.42 Å². The first-order valence-electron chi connectivity index (χ1n) is 4.10. The van der Waals surface area contributed by atoms with Crippen LogP contribution in [-0.4, -0.2) is 29.0 Å². The minimum atomic E-state index is -0.342. The molecule has 0 aliphatic rings. The van der Waals surface area contributed by atoms with E-state index in [0.29, 0.717) is 6.42 Å². The molecule has 3 heteroatoms. The third kappa shape index (κ3) is 6.28. The summed E-state index contributed by atoms with van der Waals surface area (Å²) >= 11 is 0. The Labute approximate surface area is 68.2 Å². The number of rotatable bonds is 5. The third-order valence-corrected chi connectivity index (χ3v) is 1.64. The van der Waals surface area contributed by atoms with Crippen LogP contribution in [0.15, 0.2) is 0 Å². The first-order chi connectivity index (χ1) is 5.06. The van der Waals surface area contributed by atoms with Crippen molar-refractivity contribution in [1.82, 2.24) is 0 Å². The molecule has 0 aliphatic heterocycles. The maximum Gasteiger partial charge on any atom is 0.0515 e. The van der Waals surface area contributed by atoms with Gasteiger partial charge in [-0.3, -0.25) is 0 Å². The molecule has 0 aliphatic carbocycles. The topological polar surface area (TPSA) is 66.5 Å². The van der Waals surface area contributed by atoms with Crippen LogP contribution < -0.4 is 5.73 Å². The van der Waals surface area contributed by atoms with Gasteiger partial charge in [0.05, 0.1) is 6.10 Å².